The van der Waals surface area contributed by atoms with E-state index >= 15 is 0 Å². The Bertz CT molecular complexity index is 876. The normalized spacial score (nSPS) is 16.6. The number of halogens is 1. The summed E-state index contributed by atoms with van der Waals surface area (Å²) in [5.74, 6) is -1.11. The molecule has 0 saturated carbocycles. The van der Waals surface area contributed by atoms with E-state index in [1.165, 1.54) is 6.07 Å². The molecule has 2 aromatic rings. The first-order chi connectivity index (χ1) is 12.0. The van der Waals surface area contributed by atoms with Gasteiger partial charge in [-0.15, -0.1) is 0 Å². The Hall–Kier alpha value is -3.47. The Morgan fingerprint density at radius 1 is 1.28 bits per heavy atom. The number of nitriles is 1. The van der Waals surface area contributed by atoms with Gasteiger partial charge in [-0.2, -0.15) is 9.65 Å². The number of nitro benzene ring substituents is 1. The largest absolute Gasteiger partial charge is 0.373 e. The molecule has 3 rings (SSSR count). The number of nitrogens with zero attached hydrogens (tertiary/aromatic N) is 3. The number of nitrogens with one attached hydrogen (secondary N) is 1. The van der Waals surface area contributed by atoms with Crippen LogP contribution in [0.3, 0.4) is 0 Å². The second-order valence-corrected chi connectivity index (χ2v) is 5.56. The fraction of sp³-hybridized carbons (Fsp3) is 0.176. The average Bonchev–Trinajstić information content (AvgIpc) is 2.97. The summed E-state index contributed by atoms with van der Waals surface area (Å²) in [6.45, 7) is 0.478. The molecule has 1 fully saturated rings. The van der Waals surface area contributed by atoms with Crippen molar-refractivity contribution in [2.75, 3.05) is 16.8 Å². The van der Waals surface area contributed by atoms with Crippen LogP contribution in [0, 0.1) is 27.3 Å². The van der Waals surface area contributed by atoms with Gasteiger partial charge >= 0.3 is 5.69 Å². The van der Waals surface area contributed by atoms with Gasteiger partial charge in [0.15, 0.2) is 0 Å². The van der Waals surface area contributed by atoms with Gasteiger partial charge in [-0.3, -0.25) is 14.9 Å². The molecule has 0 aromatic heterocycles. The first kappa shape index (κ1) is 16.4. The quantitative estimate of drug-likeness (QED) is 0.681. The Kier molecular flexibility index (Phi) is 4.31. The smallest absolute Gasteiger partial charge is 0.306 e. The molecule has 7 nitrogen and oxygen atoms in total. The van der Waals surface area contributed by atoms with Crippen molar-refractivity contribution < 1.29 is 14.1 Å². The number of amides is 1. The molecule has 8 heteroatoms. The minimum atomic E-state index is -0.924. The van der Waals surface area contributed by atoms with Crippen molar-refractivity contribution >= 4 is 23.0 Å². The summed E-state index contributed by atoms with van der Waals surface area (Å²) in [7, 11) is 0. The van der Waals surface area contributed by atoms with Crippen molar-refractivity contribution in [2.24, 2.45) is 0 Å². The summed E-state index contributed by atoms with van der Waals surface area (Å²) < 4.78 is 13.4. The summed E-state index contributed by atoms with van der Waals surface area (Å²) in [6, 6.07) is 11.6. The van der Waals surface area contributed by atoms with Gasteiger partial charge in [0.25, 0.3) is 0 Å². The van der Waals surface area contributed by atoms with Crippen LogP contribution < -0.4 is 10.2 Å². The van der Waals surface area contributed by atoms with E-state index in [9.17, 15) is 19.3 Å². The highest BCUT2D eigenvalue weighted by Crippen LogP contribution is 2.26. The molecule has 1 heterocycles. The lowest BCUT2D eigenvalue weighted by atomic mass is 10.2. The number of carbonyl (C=O) groups is 1. The van der Waals surface area contributed by atoms with Gasteiger partial charge in [0.1, 0.15) is 6.04 Å². The lowest BCUT2D eigenvalue weighted by molar-refractivity contribution is -0.387. The van der Waals surface area contributed by atoms with Gasteiger partial charge in [-0.25, -0.2) is 0 Å². The van der Waals surface area contributed by atoms with E-state index in [0.29, 0.717) is 29.9 Å². The molecular weight excluding hydrogens is 327 g/mol. The molecule has 0 radical (unpaired) electrons. The van der Waals surface area contributed by atoms with Gasteiger partial charge in [0.05, 0.1) is 16.6 Å². The van der Waals surface area contributed by atoms with Gasteiger partial charge in [-0.05, 0) is 42.8 Å². The fourth-order valence-corrected chi connectivity index (χ4v) is 2.73. The highest BCUT2D eigenvalue weighted by Gasteiger charge is 2.32. The van der Waals surface area contributed by atoms with E-state index in [1.807, 2.05) is 6.07 Å². The molecule has 1 atom stereocenters. The molecule has 0 spiro atoms. The average molecular weight is 340 g/mol. The van der Waals surface area contributed by atoms with E-state index < -0.39 is 22.5 Å². The highest BCUT2D eigenvalue weighted by atomic mass is 19.1. The number of hydrogen-bond donors (Lipinski definition) is 1. The van der Waals surface area contributed by atoms with E-state index in [1.54, 1.807) is 29.2 Å². The summed E-state index contributed by atoms with van der Waals surface area (Å²) in [5.41, 5.74) is 0.856. The number of anilines is 2. The van der Waals surface area contributed by atoms with Crippen LogP contribution in [0.2, 0.25) is 0 Å². The minimum Gasteiger partial charge on any atom is -0.373 e. The van der Waals surface area contributed by atoms with Crippen molar-refractivity contribution in [1.29, 1.82) is 5.26 Å². The molecule has 1 amide bonds. The van der Waals surface area contributed by atoms with Crippen LogP contribution in [0.1, 0.15) is 12.0 Å². The summed E-state index contributed by atoms with van der Waals surface area (Å²) >= 11 is 0. The SMILES string of the molecule is N#Cc1ccc(N2CC[C@@H](Nc3ccc(F)c([N+](=O)[O-])c3)C2=O)cc1. The maximum absolute atomic E-state index is 13.4. The first-order valence-electron chi connectivity index (χ1n) is 7.51. The number of nitro groups is 1. The molecule has 0 bridgehead atoms. The van der Waals surface area contributed by atoms with E-state index in [2.05, 4.69) is 5.32 Å². The van der Waals surface area contributed by atoms with Crippen molar-refractivity contribution in [1.82, 2.24) is 0 Å². The second kappa shape index (κ2) is 6.57. The van der Waals surface area contributed by atoms with Gasteiger partial charge in [0.2, 0.25) is 11.7 Å². The molecule has 1 saturated heterocycles. The molecule has 0 aliphatic carbocycles. The van der Waals surface area contributed by atoms with Gasteiger partial charge in [-0.1, -0.05) is 0 Å². The number of benzene rings is 2. The van der Waals surface area contributed by atoms with Crippen LogP contribution in [0.15, 0.2) is 42.5 Å². The predicted molar refractivity (Wildman–Crippen MR) is 88.6 cm³/mol. The second-order valence-electron chi connectivity index (χ2n) is 5.56. The molecule has 25 heavy (non-hydrogen) atoms. The standard InChI is InChI=1S/C17H13FN4O3/c18-14-6-3-12(9-16(14)22(24)25)20-15-7-8-21(17(15)23)13-4-1-11(10-19)2-5-13/h1-6,9,15,20H,7-8H2/t15-/m1/s1. The molecule has 126 valence electrons. The third kappa shape index (κ3) is 3.26. The molecule has 1 aliphatic heterocycles. The Labute approximate surface area is 142 Å². The predicted octanol–water partition coefficient (Wildman–Crippen LogP) is 2.82. The lowest BCUT2D eigenvalue weighted by Gasteiger charge is -2.17. The molecule has 1 aliphatic rings. The summed E-state index contributed by atoms with van der Waals surface area (Å²) in [4.78, 5) is 24.1. The summed E-state index contributed by atoms with van der Waals surface area (Å²) in [6.07, 6.45) is 0.504. The number of rotatable bonds is 4. The maximum Gasteiger partial charge on any atom is 0.306 e. The molecule has 0 unspecified atom stereocenters. The third-order valence-corrected chi connectivity index (χ3v) is 4.00. The van der Waals surface area contributed by atoms with Crippen LogP contribution in [-0.2, 0) is 4.79 Å². The third-order valence-electron chi connectivity index (χ3n) is 4.00. The van der Waals surface area contributed by atoms with Crippen LogP contribution in [-0.4, -0.2) is 23.4 Å². The monoisotopic (exact) mass is 340 g/mol. The first-order valence-corrected chi connectivity index (χ1v) is 7.51. The summed E-state index contributed by atoms with van der Waals surface area (Å²) in [5, 5.41) is 22.5. The molecule has 2 aromatic carbocycles. The van der Waals surface area contributed by atoms with E-state index in [-0.39, 0.29) is 5.91 Å². The van der Waals surface area contributed by atoms with Crippen LogP contribution >= 0.6 is 0 Å². The van der Waals surface area contributed by atoms with E-state index in [4.69, 9.17) is 5.26 Å². The number of hydrogen-bond acceptors (Lipinski definition) is 5. The maximum atomic E-state index is 13.4. The van der Waals surface area contributed by atoms with Crippen molar-refractivity contribution in [3.8, 4) is 6.07 Å². The molecule has 1 N–H and O–H groups in total. The number of carbonyl (C=O) groups excluding carboxylic acids is 1. The zero-order chi connectivity index (χ0) is 18.0. The van der Waals surface area contributed by atoms with Crippen LogP contribution in [0.4, 0.5) is 21.5 Å². The van der Waals surface area contributed by atoms with Gasteiger partial charge < -0.3 is 10.2 Å². The van der Waals surface area contributed by atoms with Crippen molar-refractivity contribution in [3.63, 3.8) is 0 Å². The zero-order valence-corrected chi connectivity index (χ0v) is 13.0. The van der Waals surface area contributed by atoms with E-state index in [0.717, 1.165) is 12.1 Å². The Balaban J connectivity index is 1.75. The topological polar surface area (TPSA) is 99.3 Å². The zero-order valence-electron chi connectivity index (χ0n) is 13.0. The van der Waals surface area contributed by atoms with Crippen molar-refractivity contribution in [3.05, 3.63) is 64.0 Å². The Morgan fingerprint density at radius 2 is 2.00 bits per heavy atom. The van der Waals surface area contributed by atoms with Crippen LogP contribution in [0.25, 0.3) is 0 Å². The minimum absolute atomic E-state index is 0.184. The van der Waals surface area contributed by atoms with Gasteiger partial charge in [0, 0.05) is 24.0 Å². The Morgan fingerprint density at radius 3 is 2.64 bits per heavy atom. The van der Waals surface area contributed by atoms with Crippen molar-refractivity contribution in [2.45, 2.75) is 12.5 Å². The highest BCUT2D eigenvalue weighted by molar-refractivity contribution is 6.01. The van der Waals surface area contributed by atoms with Crippen LogP contribution in [0.5, 0.6) is 0 Å². The molecular formula is C17H13FN4O3. The lowest BCUT2D eigenvalue weighted by Crippen LogP contribution is -2.33. The fourth-order valence-electron chi connectivity index (χ4n) is 2.73.